The van der Waals surface area contributed by atoms with E-state index >= 15 is 0 Å². The molecule has 178 valence electrons. The van der Waals surface area contributed by atoms with Gasteiger partial charge in [-0.05, 0) is 56.5 Å². The van der Waals surface area contributed by atoms with Crippen LogP contribution >= 0.6 is 0 Å². The first-order chi connectivity index (χ1) is 15.7. The van der Waals surface area contributed by atoms with Gasteiger partial charge in [-0.15, -0.1) is 0 Å². The van der Waals surface area contributed by atoms with E-state index in [-0.39, 0.29) is 16.2 Å². The number of methoxy groups -OCH3 is 1. The van der Waals surface area contributed by atoms with Gasteiger partial charge in [0.05, 0.1) is 12.7 Å². The molecule has 2 aromatic rings. The Morgan fingerprint density at radius 2 is 1.70 bits per heavy atom. The molecule has 33 heavy (non-hydrogen) atoms. The number of hydrogen-bond acceptors (Lipinski definition) is 6. The number of benzene rings is 2. The Hall–Kier alpha value is -2.91. The van der Waals surface area contributed by atoms with Crippen molar-refractivity contribution in [2.45, 2.75) is 44.4 Å². The second-order valence-electron chi connectivity index (χ2n) is 8.13. The highest BCUT2D eigenvalue weighted by atomic mass is 32.2. The molecule has 0 bridgehead atoms. The van der Waals surface area contributed by atoms with Crippen LogP contribution < -0.4 is 10.1 Å². The van der Waals surface area contributed by atoms with E-state index in [4.69, 9.17) is 9.47 Å². The predicted octanol–water partition coefficient (Wildman–Crippen LogP) is 3.67. The van der Waals surface area contributed by atoms with Crippen LogP contribution in [0.2, 0.25) is 0 Å². The maximum Gasteiger partial charge on any atom is 0.338 e. The van der Waals surface area contributed by atoms with Crippen molar-refractivity contribution >= 4 is 27.6 Å². The average Bonchev–Trinajstić information content (AvgIpc) is 3.09. The molecule has 0 unspecified atom stereocenters. The van der Waals surface area contributed by atoms with Gasteiger partial charge in [0.25, 0.3) is 5.91 Å². The van der Waals surface area contributed by atoms with Crippen LogP contribution in [0.5, 0.6) is 5.75 Å². The number of esters is 1. The second-order valence-corrected chi connectivity index (χ2v) is 10.0. The fourth-order valence-electron chi connectivity index (χ4n) is 3.78. The van der Waals surface area contributed by atoms with Crippen LogP contribution in [0.3, 0.4) is 0 Å². The van der Waals surface area contributed by atoms with Crippen LogP contribution in [0.25, 0.3) is 0 Å². The third-order valence-corrected chi connectivity index (χ3v) is 7.49. The summed E-state index contributed by atoms with van der Waals surface area (Å²) in [6.07, 6.45) is 3.55. The molecule has 0 spiro atoms. The second kappa shape index (κ2) is 10.8. The number of hydrogen-bond donors (Lipinski definition) is 1. The van der Waals surface area contributed by atoms with Gasteiger partial charge in [0, 0.05) is 18.8 Å². The maximum atomic E-state index is 13.2. The van der Waals surface area contributed by atoms with Crippen molar-refractivity contribution in [1.29, 1.82) is 0 Å². The van der Waals surface area contributed by atoms with Gasteiger partial charge < -0.3 is 14.8 Å². The molecule has 9 heteroatoms. The summed E-state index contributed by atoms with van der Waals surface area (Å²) in [6.45, 7) is 4.19. The van der Waals surface area contributed by atoms with Crippen LogP contribution in [0.15, 0.2) is 41.3 Å². The molecule has 1 aliphatic heterocycles. The minimum atomic E-state index is -3.84. The molecule has 2 aromatic carbocycles. The van der Waals surface area contributed by atoms with Crippen molar-refractivity contribution in [3.05, 3.63) is 53.1 Å². The van der Waals surface area contributed by atoms with Gasteiger partial charge in [-0.3, -0.25) is 4.79 Å². The quantitative estimate of drug-likeness (QED) is 0.615. The molecule has 3 rings (SSSR count). The first kappa shape index (κ1) is 24.7. The first-order valence-electron chi connectivity index (χ1n) is 10.9. The zero-order valence-corrected chi connectivity index (χ0v) is 20.0. The lowest BCUT2D eigenvalue weighted by Gasteiger charge is -2.21. The fourth-order valence-corrected chi connectivity index (χ4v) is 5.48. The molecular formula is C24H30N2O6S. The van der Waals surface area contributed by atoms with E-state index in [1.54, 1.807) is 6.07 Å². The Labute approximate surface area is 194 Å². The van der Waals surface area contributed by atoms with Gasteiger partial charge in [0.15, 0.2) is 6.61 Å². The SMILES string of the molecule is COc1ccc(C(=O)OCC(=O)Nc2ccc(C)cc2C)cc1S(=O)(=O)N1CCCCCC1. The van der Waals surface area contributed by atoms with Gasteiger partial charge in [-0.2, -0.15) is 4.31 Å². The van der Waals surface area contributed by atoms with Crippen molar-refractivity contribution in [3.63, 3.8) is 0 Å². The summed E-state index contributed by atoms with van der Waals surface area (Å²) in [5, 5.41) is 2.71. The molecule has 1 fully saturated rings. The summed E-state index contributed by atoms with van der Waals surface area (Å²) in [7, 11) is -2.46. The summed E-state index contributed by atoms with van der Waals surface area (Å²) in [5.41, 5.74) is 2.64. The molecule has 0 radical (unpaired) electrons. The number of anilines is 1. The van der Waals surface area contributed by atoms with E-state index in [0.29, 0.717) is 18.8 Å². The number of aryl methyl sites for hydroxylation is 2. The van der Waals surface area contributed by atoms with Gasteiger partial charge in [-0.25, -0.2) is 13.2 Å². The molecule has 8 nitrogen and oxygen atoms in total. The molecule has 0 atom stereocenters. The molecule has 1 N–H and O–H groups in total. The molecule has 1 amide bonds. The number of amides is 1. The van der Waals surface area contributed by atoms with Crippen LogP contribution in [0.1, 0.15) is 47.2 Å². The lowest BCUT2D eigenvalue weighted by atomic mass is 10.1. The van der Waals surface area contributed by atoms with Crippen molar-refractivity contribution in [1.82, 2.24) is 4.31 Å². The minimum absolute atomic E-state index is 0.0310. The lowest BCUT2D eigenvalue weighted by Crippen LogP contribution is -2.32. The number of nitrogens with zero attached hydrogens (tertiary/aromatic N) is 1. The number of rotatable bonds is 7. The zero-order chi connectivity index (χ0) is 24.0. The summed E-state index contributed by atoms with van der Waals surface area (Å²) in [5.74, 6) is -1.12. The smallest absolute Gasteiger partial charge is 0.338 e. The van der Waals surface area contributed by atoms with Crippen molar-refractivity contribution in [2.75, 3.05) is 32.1 Å². The lowest BCUT2D eigenvalue weighted by molar-refractivity contribution is -0.119. The third-order valence-electron chi connectivity index (χ3n) is 5.57. The number of nitrogens with one attached hydrogen (secondary N) is 1. The highest BCUT2D eigenvalue weighted by Crippen LogP contribution is 2.29. The summed E-state index contributed by atoms with van der Waals surface area (Å²) in [6, 6.07) is 9.70. The van der Waals surface area contributed by atoms with Gasteiger partial charge in [0.2, 0.25) is 10.0 Å². The Morgan fingerprint density at radius 3 is 2.33 bits per heavy atom. The molecule has 0 aromatic heterocycles. The Bertz CT molecular complexity index is 1120. The number of carbonyl (C=O) groups is 2. The van der Waals surface area contributed by atoms with Gasteiger partial charge >= 0.3 is 5.97 Å². The summed E-state index contributed by atoms with van der Waals surface area (Å²) >= 11 is 0. The van der Waals surface area contributed by atoms with Crippen LogP contribution in [-0.2, 0) is 19.6 Å². The Kier molecular flexibility index (Phi) is 8.10. The van der Waals surface area contributed by atoms with Gasteiger partial charge in [0.1, 0.15) is 10.6 Å². The zero-order valence-electron chi connectivity index (χ0n) is 19.2. The highest BCUT2D eigenvalue weighted by Gasteiger charge is 2.29. The average molecular weight is 475 g/mol. The number of ether oxygens (including phenoxy) is 2. The first-order valence-corrected chi connectivity index (χ1v) is 12.4. The normalized spacial score (nSPS) is 14.9. The molecule has 0 aliphatic carbocycles. The van der Waals surface area contributed by atoms with E-state index in [2.05, 4.69) is 5.32 Å². The predicted molar refractivity (Wildman–Crippen MR) is 125 cm³/mol. The van der Waals surface area contributed by atoms with Gasteiger partial charge in [-0.1, -0.05) is 30.5 Å². The summed E-state index contributed by atoms with van der Waals surface area (Å²) < 4.78 is 38.3. The van der Waals surface area contributed by atoms with Crippen molar-refractivity contribution < 1.29 is 27.5 Å². The number of sulfonamides is 1. The maximum absolute atomic E-state index is 13.2. The van der Waals surface area contributed by atoms with E-state index < -0.39 is 28.5 Å². The Balaban J connectivity index is 1.72. The van der Waals surface area contributed by atoms with Crippen molar-refractivity contribution in [3.8, 4) is 5.75 Å². The van der Waals surface area contributed by atoms with E-state index in [1.807, 2.05) is 26.0 Å². The molecular weight excluding hydrogens is 444 g/mol. The Morgan fingerprint density at radius 1 is 1.00 bits per heavy atom. The highest BCUT2D eigenvalue weighted by molar-refractivity contribution is 7.89. The van der Waals surface area contributed by atoms with E-state index in [9.17, 15) is 18.0 Å². The molecule has 0 saturated carbocycles. The minimum Gasteiger partial charge on any atom is -0.495 e. The number of carbonyl (C=O) groups excluding carboxylic acids is 2. The molecule has 1 saturated heterocycles. The van der Waals surface area contributed by atoms with E-state index in [0.717, 1.165) is 36.8 Å². The monoisotopic (exact) mass is 474 g/mol. The standard InChI is InChI=1S/C24H30N2O6S/c1-17-8-10-20(18(2)14-17)25-23(27)16-32-24(28)19-9-11-21(31-3)22(15-19)33(29,30)26-12-6-4-5-7-13-26/h8-11,14-15H,4-7,12-13,16H2,1-3H3,(H,25,27). The van der Waals surface area contributed by atoms with Crippen LogP contribution in [0, 0.1) is 13.8 Å². The topological polar surface area (TPSA) is 102 Å². The summed E-state index contributed by atoms with van der Waals surface area (Å²) in [4.78, 5) is 24.7. The van der Waals surface area contributed by atoms with Crippen molar-refractivity contribution in [2.24, 2.45) is 0 Å². The van der Waals surface area contributed by atoms with Crippen LogP contribution in [-0.4, -0.2) is 51.4 Å². The largest absolute Gasteiger partial charge is 0.495 e. The van der Waals surface area contributed by atoms with E-state index in [1.165, 1.54) is 29.6 Å². The van der Waals surface area contributed by atoms with Crippen LogP contribution in [0.4, 0.5) is 5.69 Å². The molecule has 1 aliphatic rings. The molecule has 1 heterocycles. The fraction of sp³-hybridized carbons (Fsp3) is 0.417. The third kappa shape index (κ3) is 6.11.